The highest BCUT2D eigenvalue weighted by molar-refractivity contribution is 6.33. The highest BCUT2D eigenvalue weighted by Crippen LogP contribution is 2.44. The fourth-order valence-electron chi connectivity index (χ4n) is 3.53. The Balaban J connectivity index is 1.34. The fraction of sp³-hybridized carbons (Fsp3) is 0.130. The second-order valence-corrected chi connectivity index (χ2v) is 7.44. The maximum Gasteiger partial charge on any atom is 0.407 e. The van der Waals surface area contributed by atoms with Crippen molar-refractivity contribution in [3.63, 3.8) is 0 Å². The van der Waals surface area contributed by atoms with Gasteiger partial charge in [-0.05, 0) is 28.3 Å². The van der Waals surface area contributed by atoms with Gasteiger partial charge in [0.2, 0.25) is 0 Å². The number of fused-ring (bicyclic) bond motifs is 3. The molecule has 0 spiro atoms. The summed E-state index contributed by atoms with van der Waals surface area (Å²) in [6.07, 6.45) is 4.54. The number of hydrogen-bond donors (Lipinski definition) is 1. The molecule has 1 amide bonds. The van der Waals surface area contributed by atoms with Crippen molar-refractivity contribution in [2.75, 3.05) is 13.2 Å². The Morgan fingerprint density at radius 1 is 1.07 bits per heavy atom. The summed E-state index contributed by atoms with van der Waals surface area (Å²) in [5.74, 6) is 0.0417. The van der Waals surface area contributed by atoms with Crippen LogP contribution in [0.5, 0.6) is 0 Å². The Morgan fingerprint density at radius 2 is 1.72 bits per heavy atom. The number of halogens is 2. The quantitative estimate of drug-likeness (QED) is 0.515. The van der Waals surface area contributed by atoms with Crippen molar-refractivity contribution in [3.05, 3.63) is 93.7 Å². The third kappa shape index (κ3) is 4.29. The van der Waals surface area contributed by atoms with Crippen molar-refractivity contribution in [1.82, 2.24) is 10.3 Å². The number of pyridine rings is 1. The van der Waals surface area contributed by atoms with Crippen LogP contribution < -0.4 is 5.32 Å². The van der Waals surface area contributed by atoms with E-state index in [0.717, 1.165) is 0 Å². The molecule has 29 heavy (non-hydrogen) atoms. The minimum Gasteiger partial charge on any atom is -0.449 e. The Morgan fingerprint density at radius 3 is 2.41 bits per heavy atom. The van der Waals surface area contributed by atoms with E-state index in [9.17, 15) is 4.79 Å². The van der Waals surface area contributed by atoms with Crippen molar-refractivity contribution in [2.45, 2.75) is 5.92 Å². The van der Waals surface area contributed by atoms with E-state index in [2.05, 4.69) is 34.6 Å². The molecule has 0 unspecified atom stereocenters. The first kappa shape index (κ1) is 19.5. The van der Waals surface area contributed by atoms with Gasteiger partial charge in [0.15, 0.2) is 0 Å². The van der Waals surface area contributed by atoms with Gasteiger partial charge in [-0.1, -0.05) is 83.9 Å². The highest BCUT2D eigenvalue weighted by Gasteiger charge is 2.28. The van der Waals surface area contributed by atoms with Crippen LogP contribution in [0.1, 0.15) is 22.6 Å². The summed E-state index contributed by atoms with van der Waals surface area (Å²) < 4.78 is 5.49. The minimum absolute atomic E-state index is 0.0417. The molecule has 0 radical (unpaired) electrons. The monoisotopic (exact) mass is 424 g/mol. The molecule has 6 heteroatoms. The van der Waals surface area contributed by atoms with E-state index in [1.807, 2.05) is 24.3 Å². The Bertz CT molecular complexity index is 1040. The Labute approximate surface area is 179 Å². The minimum atomic E-state index is -0.466. The van der Waals surface area contributed by atoms with Crippen LogP contribution in [0.25, 0.3) is 17.2 Å². The molecule has 0 saturated heterocycles. The van der Waals surface area contributed by atoms with Gasteiger partial charge >= 0.3 is 6.09 Å². The van der Waals surface area contributed by atoms with E-state index >= 15 is 0 Å². The normalized spacial score (nSPS) is 12.6. The smallest absolute Gasteiger partial charge is 0.407 e. The summed E-state index contributed by atoms with van der Waals surface area (Å²) in [5, 5.41) is 3.57. The lowest BCUT2D eigenvalue weighted by Crippen LogP contribution is -2.26. The highest BCUT2D eigenvalue weighted by atomic mass is 35.5. The molecule has 0 fully saturated rings. The number of nitrogens with one attached hydrogen (secondary N) is 1. The van der Waals surface area contributed by atoms with Crippen LogP contribution in [0.4, 0.5) is 4.79 Å². The SMILES string of the molecule is O=C(NCC=Cc1cc(Cl)cnc1Cl)OCC1c2ccccc2-c2ccccc21. The van der Waals surface area contributed by atoms with Gasteiger partial charge in [-0.3, -0.25) is 0 Å². The lowest BCUT2D eigenvalue weighted by Gasteiger charge is -2.14. The molecule has 3 aromatic rings. The summed E-state index contributed by atoms with van der Waals surface area (Å²) in [6.45, 7) is 0.590. The van der Waals surface area contributed by atoms with Crippen LogP contribution in [-0.2, 0) is 4.74 Å². The third-order valence-electron chi connectivity index (χ3n) is 4.84. The van der Waals surface area contributed by atoms with Gasteiger partial charge in [-0.25, -0.2) is 9.78 Å². The molecule has 1 N–H and O–H groups in total. The molecule has 0 bridgehead atoms. The van der Waals surface area contributed by atoms with E-state index in [-0.39, 0.29) is 12.5 Å². The number of benzene rings is 2. The molecular weight excluding hydrogens is 407 g/mol. The molecule has 1 heterocycles. The van der Waals surface area contributed by atoms with Crippen molar-refractivity contribution < 1.29 is 9.53 Å². The van der Waals surface area contributed by atoms with Crippen LogP contribution in [0.15, 0.2) is 66.9 Å². The zero-order chi connectivity index (χ0) is 20.2. The van der Waals surface area contributed by atoms with E-state index < -0.39 is 6.09 Å². The largest absolute Gasteiger partial charge is 0.449 e. The summed E-state index contributed by atoms with van der Waals surface area (Å²) in [6, 6.07) is 18.2. The third-order valence-corrected chi connectivity index (χ3v) is 5.36. The topological polar surface area (TPSA) is 51.2 Å². The molecular formula is C23H18Cl2N2O2. The number of aromatic nitrogens is 1. The second-order valence-electron chi connectivity index (χ2n) is 6.64. The number of ether oxygens (including phenoxy) is 1. The number of nitrogens with zero attached hydrogens (tertiary/aromatic N) is 1. The van der Waals surface area contributed by atoms with Gasteiger partial charge < -0.3 is 10.1 Å². The molecule has 4 rings (SSSR count). The van der Waals surface area contributed by atoms with Gasteiger partial charge in [0.1, 0.15) is 11.8 Å². The summed E-state index contributed by atoms with van der Waals surface area (Å²) in [7, 11) is 0. The maximum absolute atomic E-state index is 12.1. The van der Waals surface area contributed by atoms with Crippen LogP contribution in [0.2, 0.25) is 10.2 Å². The summed E-state index contributed by atoms with van der Waals surface area (Å²) in [5.41, 5.74) is 5.46. The second kappa shape index (κ2) is 8.68. The average molecular weight is 425 g/mol. The molecule has 2 aromatic carbocycles. The van der Waals surface area contributed by atoms with Crippen molar-refractivity contribution >= 4 is 35.4 Å². The van der Waals surface area contributed by atoms with Gasteiger partial charge in [-0.15, -0.1) is 0 Å². The van der Waals surface area contributed by atoms with E-state index in [4.69, 9.17) is 27.9 Å². The standard InChI is InChI=1S/C23H18Cl2N2O2/c24-16-12-15(22(25)27-13-16)6-5-11-26-23(28)29-14-21-19-9-3-1-7-17(19)18-8-2-4-10-20(18)21/h1-10,12-13,21H,11,14H2,(H,26,28). The molecule has 1 aliphatic rings. The number of rotatable bonds is 5. The fourth-order valence-corrected chi connectivity index (χ4v) is 3.87. The van der Waals surface area contributed by atoms with Crippen LogP contribution >= 0.6 is 23.2 Å². The van der Waals surface area contributed by atoms with Gasteiger partial charge in [0.25, 0.3) is 0 Å². The lowest BCUT2D eigenvalue weighted by atomic mass is 9.98. The predicted octanol–water partition coefficient (Wildman–Crippen LogP) is 5.94. The molecule has 146 valence electrons. The van der Waals surface area contributed by atoms with Gasteiger partial charge in [0.05, 0.1) is 5.02 Å². The number of carbonyl (C=O) groups excluding carboxylic acids is 1. The van der Waals surface area contributed by atoms with Crippen LogP contribution in [-0.4, -0.2) is 24.2 Å². The average Bonchev–Trinajstić information content (AvgIpc) is 3.06. The van der Waals surface area contributed by atoms with Gasteiger partial charge in [-0.2, -0.15) is 0 Å². The van der Waals surface area contributed by atoms with Crippen molar-refractivity contribution in [3.8, 4) is 11.1 Å². The molecule has 0 saturated carbocycles. The molecule has 4 nitrogen and oxygen atoms in total. The predicted molar refractivity (Wildman–Crippen MR) is 116 cm³/mol. The first-order valence-corrected chi connectivity index (χ1v) is 9.95. The zero-order valence-electron chi connectivity index (χ0n) is 15.4. The molecule has 1 aliphatic carbocycles. The van der Waals surface area contributed by atoms with Crippen LogP contribution in [0, 0.1) is 0 Å². The number of carbonyl (C=O) groups is 1. The van der Waals surface area contributed by atoms with Crippen LogP contribution in [0.3, 0.4) is 0 Å². The lowest BCUT2D eigenvalue weighted by molar-refractivity contribution is 0.144. The first-order chi connectivity index (χ1) is 14.1. The molecule has 0 aliphatic heterocycles. The Kier molecular flexibility index (Phi) is 5.84. The van der Waals surface area contributed by atoms with Gasteiger partial charge in [0, 0.05) is 24.2 Å². The number of hydrogen-bond acceptors (Lipinski definition) is 3. The van der Waals surface area contributed by atoms with Crippen molar-refractivity contribution in [2.24, 2.45) is 0 Å². The summed E-state index contributed by atoms with van der Waals surface area (Å²) in [4.78, 5) is 16.1. The van der Waals surface area contributed by atoms with E-state index in [1.165, 1.54) is 28.5 Å². The van der Waals surface area contributed by atoms with E-state index in [1.54, 1.807) is 18.2 Å². The summed E-state index contributed by atoms with van der Waals surface area (Å²) >= 11 is 11.9. The zero-order valence-corrected chi connectivity index (χ0v) is 17.0. The van der Waals surface area contributed by atoms with Crippen molar-refractivity contribution in [1.29, 1.82) is 0 Å². The Hall–Kier alpha value is -2.82. The number of amides is 1. The molecule has 0 atom stereocenters. The molecule has 1 aromatic heterocycles. The first-order valence-electron chi connectivity index (χ1n) is 9.20. The van der Waals surface area contributed by atoms with E-state index in [0.29, 0.717) is 22.3 Å². The maximum atomic E-state index is 12.1. The number of alkyl carbamates (subject to hydrolysis) is 1.